The molecular formula is C20H20O6. The van der Waals surface area contributed by atoms with Crippen LogP contribution in [0.4, 0.5) is 0 Å². The van der Waals surface area contributed by atoms with E-state index in [2.05, 4.69) is 0 Å². The summed E-state index contributed by atoms with van der Waals surface area (Å²) in [5.74, 6) is 2.68. The molecule has 0 bridgehead atoms. The monoisotopic (exact) mass is 356 g/mol. The fourth-order valence-electron chi connectivity index (χ4n) is 4.20. The number of methoxy groups -OCH3 is 1. The third kappa shape index (κ3) is 2.40. The summed E-state index contributed by atoms with van der Waals surface area (Å²) in [7, 11) is 1.55. The van der Waals surface area contributed by atoms with Gasteiger partial charge in [-0.2, -0.15) is 0 Å². The van der Waals surface area contributed by atoms with Crippen molar-refractivity contribution in [3.05, 3.63) is 47.5 Å². The molecule has 2 fully saturated rings. The van der Waals surface area contributed by atoms with Crippen LogP contribution in [0.2, 0.25) is 0 Å². The molecule has 0 aliphatic carbocycles. The number of aromatic hydroxyl groups is 1. The van der Waals surface area contributed by atoms with Gasteiger partial charge in [0.05, 0.1) is 32.5 Å². The summed E-state index contributed by atoms with van der Waals surface area (Å²) in [5, 5.41) is 9.82. The Balaban J connectivity index is 1.40. The maximum absolute atomic E-state index is 9.82. The SMILES string of the molecule is COc1cc([C@@H]2OC[C@H]3[C@@H]2CO[C@@H]3c2ccc3c(c2)OCO3)ccc1O. The van der Waals surface area contributed by atoms with Crippen LogP contribution in [0.5, 0.6) is 23.0 Å². The molecule has 0 saturated carbocycles. The van der Waals surface area contributed by atoms with E-state index in [4.69, 9.17) is 23.7 Å². The van der Waals surface area contributed by atoms with Crippen molar-refractivity contribution in [1.29, 1.82) is 0 Å². The Morgan fingerprint density at radius 1 is 0.885 bits per heavy atom. The molecule has 5 rings (SSSR count). The maximum atomic E-state index is 9.82. The number of benzene rings is 2. The zero-order valence-corrected chi connectivity index (χ0v) is 14.4. The number of hydrogen-bond donors (Lipinski definition) is 1. The van der Waals surface area contributed by atoms with E-state index in [0.717, 1.165) is 22.6 Å². The average Bonchev–Trinajstić information content (AvgIpc) is 3.37. The molecule has 6 heteroatoms. The van der Waals surface area contributed by atoms with E-state index in [1.165, 1.54) is 0 Å². The van der Waals surface area contributed by atoms with Gasteiger partial charge in [-0.25, -0.2) is 0 Å². The highest BCUT2D eigenvalue weighted by atomic mass is 16.7. The molecule has 0 unspecified atom stereocenters. The third-order valence-corrected chi connectivity index (χ3v) is 5.52. The van der Waals surface area contributed by atoms with Crippen LogP contribution < -0.4 is 14.2 Å². The van der Waals surface area contributed by atoms with Crippen LogP contribution >= 0.6 is 0 Å². The van der Waals surface area contributed by atoms with Gasteiger partial charge in [-0.05, 0) is 35.4 Å². The van der Waals surface area contributed by atoms with Gasteiger partial charge in [-0.15, -0.1) is 0 Å². The molecule has 0 amide bonds. The number of fused-ring (bicyclic) bond motifs is 2. The summed E-state index contributed by atoms with van der Waals surface area (Å²) in [6.07, 6.45) is -0.0768. The number of phenols is 1. The van der Waals surface area contributed by atoms with Gasteiger partial charge in [0, 0.05) is 11.8 Å². The number of ether oxygens (including phenoxy) is 5. The van der Waals surface area contributed by atoms with Crippen molar-refractivity contribution in [3.63, 3.8) is 0 Å². The second-order valence-corrected chi connectivity index (χ2v) is 6.88. The largest absolute Gasteiger partial charge is 0.504 e. The Morgan fingerprint density at radius 2 is 1.54 bits per heavy atom. The van der Waals surface area contributed by atoms with Crippen molar-refractivity contribution >= 4 is 0 Å². The van der Waals surface area contributed by atoms with Gasteiger partial charge in [0.25, 0.3) is 0 Å². The van der Waals surface area contributed by atoms with Crippen molar-refractivity contribution in [2.45, 2.75) is 12.2 Å². The predicted octanol–water partition coefficient (Wildman–Crippen LogP) is 3.20. The lowest BCUT2D eigenvalue weighted by Crippen LogP contribution is -2.14. The minimum atomic E-state index is -0.0616. The minimum absolute atomic E-state index is 0.0153. The van der Waals surface area contributed by atoms with Crippen LogP contribution in [0, 0.1) is 11.8 Å². The molecule has 136 valence electrons. The van der Waals surface area contributed by atoms with Gasteiger partial charge in [-0.1, -0.05) is 12.1 Å². The number of rotatable bonds is 3. The maximum Gasteiger partial charge on any atom is 0.231 e. The quantitative estimate of drug-likeness (QED) is 0.911. The van der Waals surface area contributed by atoms with E-state index in [9.17, 15) is 5.11 Å². The van der Waals surface area contributed by atoms with Crippen LogP contribution in [0.15, 0.2) is 36.4 Å². The zero-order chi connectivity index (χ0) is 17.7. The van der Waals surface area contributed by atoms with Crippen LogP contribution in [-0.4, -0.2) is 32.2 Å². The molecular weight excluding hydrogens is 336 g/mol. The van der Waals surface area contributed by atoms with E-state index in [1.54, 1.807) is 13.2 Å². The Bertz CT molecular complexity index is 810. The predicted molar refractivity (Wildman–Crippen MR) is 91.6 cm³/mol. The molecule has 3 aliphatic heterocycles. The van der Waals surface area contributed by atoms with Gasteiger partial charge in [0.1, 0.15) is 0 Å². The summed E-state index contributed by atoms with van der Waals surface area (Å²) in [4.78, 5) is 0. The molecule has 26 heavy (non-hydrogen) atoms. The summed E-state index contributed by atoms with van der Waals surface area (Å²) >= 11 is 0. The lowest BCUT2D eigenvalue weighted by atomic mass is 9.85. The molecule has 2 aromatic carbocycles. The van der Waals surface area contributed by atoms with E-state index >= 15 is 0 Å². The Morgan fingerprint density at radius 3 is 2.27 bits per heavy atom. The highest BCUT2D eigenvalue weighted by Gasteiger charge is 2.48. The first-order chi connectivity index (χ1) is 12.7. The first-order valence-electron chi connectivity index (χ1n) is 8.74. The highest BCUT2D eigenvalue weighted by Crippen LogP contribution is 2.51. The number of phenolic OH excluding ortho intramolecular Hbond substituents is 1. The molecule has 0 spiro atoms. The van der Waals surface area contributed by atoms with Gasteiger partial charge in [0.2, 0.25) is 6.79 Å². The standard InChI is InChI=1S/C20H20O6/c1-22-17-6-11(2-4-15(17)21)19-13-8-24-20(14(13)9-23-19)12-3-5-16-18(7-12)26-10-25-16/h2-7,13-14,19-21H,8-10H2,1H3/t13-,14-,19-,20+/m0/s1. The third-order valence-electron chi connectivity index (χ3n) is 5.52. The van der Waals surface area contributed by atoms with Crippen LogP contribution in [-0.2, 0) is 9.47 Å². The van der Waals surface area contributed by atoms with Crippen molar-refractivity contribution in [2.75, 3.05) is 27.1 Å². The Hall–Kier alpha value is -2.44. The Labute approximate surface area is 151 Å². The van der Waals surface area contributed by atoms with Gasteiger partial charge >= 0.3 is 0 Å². The average molecular weight is 356 g/mol. The topological polar surface area (TPSA) is 66.4 Å². The van der Waals surface area contributed by atoms with E-state index in [1.807, 2.05) is 30.3 Å². The lowest BCUT2D eigenvalue weighted by Gasteiger charge is -2.17. The van der Waals surface area contributed by atoms with Crippen molar-refractivity contribution < 1.29 is 28.8 Å². The zero-order valence-electron chi connectivity index (χ0n) is 14.4. The van der Waals surface area contributed by atoms with Crippen LogP contribution in [0.3, 0.4) is 0 Å². The fraction of sp³-hybridized carbons (Fsp3) is 0.400. The molecule has 4 atom stereocenters. The van der Waals surface area contributed by atoms with Crippen molar-refractivity contribution in [2.24, 2.45) is 11.8 Å². The molecule has 3 heterocycles. The highest BCUT2D eigenvalue weighted by molar-refractivity contribution is 5.46. The van der Waals surface area contributed by atoms with Gasteiger partial charge < -0.3 is 28.8 Å². The van der Waals surface area contributed by atoms with Gasteiger partial charge in [-0.3, -0.25) is 0 Å². The summed E-state index contributed by atoms with van der Waals surface area (Å²) in [6.45, 7) is 1.54. The second kappa shape index (κ2) is 6.07. The molecule has 1 N–H and O–H groups in total. The Kier molecular flexibility index (Phi) is 3.69. The van der Waals surface area contributed by atoms with Crippen molar-refractivity contribution in [1.82, 2.24) is 0 Å². The molecule has 2 saturated heterocycles. The lowest BCUT2D eigenvalue weighted by molar-refractivity contribution is 0.0191. The first kappa shape index (κ1) is 15.8. The van der Waals surface area contributed by atoms with E-state index in [-0.39, 0.29) is 36.6 Å². The molecule has 6 nitrogen and oxygen atoms in total. The van der Waals surface area contributed by atoms with E-state index < -0.39 is 0 Å². The summed E-state index contributed by atoms with van der Waals surface area (Å²) in [6, 6.07) is 11.4. The summed E-state index contributed by atoms with van der Waals surface area (Å²) < 4.78 is 28.4. The first-order valence-corrected chi connectivity index (χ1v) is 8.74. The van der Waals surface area contributed by atoms with E-state index in [0.29, 0.717) is 19.0 Å². The number of hydrogen-bond acceptors (Lipinski definition) is 6. The van der Waals surface area contributed by atoms with Crippen molar-refractivity contribution in [3.8, 4) is 23.0 Å². The van der Waals surface area contributed by atoms with Crippen LogP contribution in [0.25, 0.3) is 0 Å². The van der Waals surface area contributed by atoms with Crippen LogP contribution in [0.1, 0.15) is 23.3 Å². The smallest absolute Gasteiger partial charge is 0.231 e. The molecule has 2 aromatic rings. The molecule has 0 aromatic heterocycles. The minimum Gasteiger partial charge on any atom is -0.504 e. The second-order valence-electron chi connectivity index (χ2n) is 6.88. The summed E-state index contributed by atoms with van der Waals surface area (Å²) in [5.41, 5.74) is 2.09. The normalized spacial score (nSPS) is 29.0. The molecule has 3 aliphatic rings. The fourth-order valence-corrected chi connectivity index (χ4v) is 4.20. The van der Waals surface area contributed by atoms with Gasteiger partial charge in [0.15, 0.2) is 23.0 Å². The molecule has 0 radical (unpaired) electrons.